The zero-order chi connectivity index (χ0) is 26.2. The summed E-state index contributed by atoms with van der Waals surface area (Å²) in [7, 11) is 0. The van der Waals surface area contributed by atoms with Crippen molar-refractivity contribution >= 4 is 17.4 Å². The topological polar surface area (TPSA) is 218 Å². The molecule has 13 heteroatoms. The van der Waals surface area contributed by atoms with Crippen LogP contribution in [0.25, 0.3) is 0 Å². The minimum atomic E-state index is 0. The average Bonchev–Trinajstić information content (AvgIpc) is 3.73. The molecule has 9 rings (SSSR count). The fourth-order valence-electron chi connectivity index (χ4n) is 12.0. The summed E-state index contributed by atoms with van der Waals surface area (Å²) in [5.74, 6) is 5.97. The second-order valence-corrected chi connectivity index (χ2v) is 15.6. The maximum absolute atomic E-state index is 4.26. The molecule has 4 saturated carbocycles. The molecule has 5 saturated heterocycles. The van der Waals surface area contributed by atoms with E-state index in [0.717, 1.165) is 47.3 Å². The molecule has 12 nitrogen and oxygen atoms in total. The maximum Gasteiger partial charge on any atom is 3.00 e. The van der Waals surface area contributed by atoms with E-state index in [1.807, 2.05) is 0 Å². The zero-order valence-corrected chi connectivity index (χ0v) is 28.1. The molecule has 0 aromatic carbocycles. The Balaban J connectivity index is 0.000000922. The van der Waals surface area contributed by atoms with Gasteiger partial charge in [-0.1, -0.05) is 51.4 Å². The molecule has 13 N–H and O–H groups in total. The van der Waals surface area contributed by atoms with E-state index in [0.29, 0.717) is 49.3 Å². The molecule has 8 unspecified atom stereocenters. The summed E-state index contributed by atoms with van der Waals surface area (Å²) in [6.07, 6.45) is 25.6. The van der Waals surface area contributed by atoms with E-state index in [1.165, 1.54) is 103 Å². The van der Waals surface area contributed by atoms with Gasteiger partial charge in [0.2, 0.25) is 0 Å². The smallest absolute Gasteiger partial charge is 0.870 e. The molecule has 8 bridgehead atoms. The first-order chi connectivity index (χ1) is 19.8. The van der Waals surface area contributed by atoms with Gasteiger partial charge >= 0.3 is 17.4 Å². The van der Waals surface area contributed by atoms with Gasteiger partial charge in [0.25, 0.3) is 0 Å². The molecular weight excluding hydrogens is 587 g/mol. The van der Waals surface area contributed by atoms with E-state index < -0.39 is 0 Å². The molecule has 5 heterocycles. The van der Waals surface area contributed by atoms with Gasteiger partial charge in [0, 0.05) is 0 Å². The fraction of sp³-hybridized carbons (Fsp3) is 1.00. The Labute approximate surface area is 280 Å². The van der Waals surface area contributed by atoms with Gasteiger partial charge in [-0.05, 0) is 98.7 Å². The van der Waals surface area contributed by atoms with Crippen LogP contribution in [0.1, 0.15) is 103 Å². The number of rotatable bonds is 0. The first-order valence-electron chi connectivity index (χ1n) is 17.9. The van der Waals surface area contributed by atoms with Crippen LogP contribution in [0, 0.1) is 47.3 Å². The summed E-state index contributed by atoms with van der Waals surface area (Å²) in [6, 6.07) is 0. The van der Waals surface area contributed by atoms with E-state index in [9.17, 15) is 0 Å². The third kappa shape index (κ3) is 6.67. The first-order valence-corrected chi connectivity index (χ1v) is 17.9. The van der Waals surface area contributed by atoms with Crippen molar-refractivity contribution in [1.29, 1.82) is 0 Å². The minimum absolute atomic E-state index is 0. The monoisotopic (exact) mass is 648 g/mol. The molecule has 0 radical (unpaired) electrons. The standard InChI is InChI=1S/C32H56N8.Al.4H2O/c1-2-10-18-17(9-1)25-33-26(18)38-28-21-13-5-6-14-22(21)30(35-28)40-32-24-16-8-7-15-23(24)31(36-32)39-29-20-12-4-3-11-19(20)27(34-29)37-25;;;;;/h17-40H,1-16H2;;4*1H2/q;+3;;;;/p-3. The molecule has 0 aromatic heterocycles. The third-order valence-corrected chi connectivity index (χ3v) is 13.8. The van der Waals surface area contributed by atoms with E-state index in [1.54, 1.807) is 0 Å². The molecule has 0 spiro atoms. The van der Waals surface area contributed by atoms with Crippen molar-refractivity contribution in [2.24, 2.45) is 47.3 Å². The molecule has 9 fully saturated rings. The van der Waals surface area contributed by atoms with Crippen molar-refractivity contribution in [3.05, 3.63) is 0 Å². The van der Waals surface area contributed by atoms with Gasteiger partial charge in [-0.25, -0.2) is 0 Å². The summed E-state index contributed by atoms with van der Waals surface area (Å²) in [4.78, 5) is 0. The molecule has 4 aliphatic carbocycles. The summed E-state index contributed by atoms with van der Waals surface area (Å²) >= 11 is 0. The molecule has 0 amide bonds. The van der Waals surface area contributed by atoms with Crippen molar-refractivity contribution in [1.82, 2.24) is 42.5 Å². The van der Waals surface area contributed by atoms with Crippen LogP contribution in [-0.2, 0) is 0 Å². The largest absolute Gasteiger partial charge is 3.00 e. The van der Waals surface area contributed by atoms with E-state index in [4.69, 9.17) is 0 Å². The van der Waals surface area contributed by atoms with Gasteiger partial charge in [0.15, 0.2) is 0 Å². The number of nitrogens with one attached hydrogen (secondary N) is 8. The van der Waals surface area contributed by atoms with Crippen LogP contribution in [-0.4, -0.2) is 88.6 Å². The number of hydrogen-bond donors (Lipinski definition) is 8. The van der Waals surface area contributed by atoms with Crippen LogP contribution in [0.3, 0.4) is 0 Å². The quantitative estimate of drug-likeness (QED) is 0.172. The third-order valence-electron chi connectivity index (χ3n) is 13.8. The van der Waals surface area contributed by atoms with Crippen molar-refractivity contribution in [2.75, 3.05) is 0 Å². The Morgan fingerprint density at radius 3 is 0.467 bits per heavy atom. The van der Waals surface area contributed by atoms with Crippen molar-refractivity contribution < 1.29 is 21.9 Å². The van der Waals surface area contributed by atoms with E-state index in [2.05, 4.69) is 42.5 Å². The van der Waals surface area contributed by atoms with Gasteiger partial charge in [0.05, 0.1) is 49.3 Å². The molecule has 8 atom stereocenters. The normalized spacial score (nSPS) is 51.2. The van der Waals surface area contributed by atoms with Crippen LogP contribution in [0.4, 0.5) is 0 Å². The van der Waals surface area contributed by atoms with Crippen molar-refractivity contribution in [3.8, 4) is 0 Å². The molecule has 45 heavy (non-hydrogen) atoms. The second-order valence-electron chi connectivity index (χ2n) is 15.6. The summed E-state index contributed by atoms with van der Waals surface area (Å²) < 4.78 is 0. The average molecular weight is 649 g/mol. The predicted octanol–water partition coefficient (Wildman–Crippen LogP) is 0.870. The zero-order valence-electron chi connectivity index (χ0n) is 27.0. The Bertz CT molecular complexity index is 736. The predicted molar refractivity (Wildman–Crippen MR) is 172 cm³/mol. The van der Waals surface area contributed by atoms with Gasteiger partial charge < -0.3 is 21.9 Å². The Morgan fingerprint density at radius 1 is 0.244 bits per heavy atom. The van der Waals surface area contributed by atoms with Crippen LogP contribution in [0.2, 0.25) is 0 Å². The Hall–Kier alpha value is 0.0525. The molecule has 9 aliphatic rings. The van der Waals surface area contributed by atoms with Crippen molar-refractivity contribution in [3.63, 3.8) is 0 Å². The van der Waals surface area contributed by atoms with Crippen LogP contribution < -0.4 is 42.5 Å². The van der Waals surface area contributed by atoms with Gasteiger partial charge in [0.1, 0.15) is 0 Å². The Kier molecular flexibility index (Phi) is 13.2. The fourth-order valence-corrected chi connectivity index (χ4v) is 12.0. The SMILES string of the molecule is C1CCC2C3NC(NC4NC(NC5NC(NC6NC(N3)C3CCCCC63)C3CCCCC53)C3CCCCC43)C2C1.O.[Al+3].[OH-].[OH-].[OH-]. The van der Waals surface area contributed by atoms with Gasteiger partial charge in [-0.2, -0.15) is 0 Å². The Morgan fingerprint density at radius 2 is 0.356 bits per heavy atom. The van der Waals surface area contributed by atoms with Crippen LogP contribution >= 0.6 is 0 Å². The summed E-state index contributed by atoms with van der Waals surface area (Å²) in [6.45, 7) is 0. The minimum Gasteiger partial charge on any atom is -0.870 e. The molecular formula is C32H61AlN8O4. The first kappa shape index (κ1) is 37.9. The second kappa shape index (κ2) is 15.7. The molecule has 5 aliphatic heterocycles. The molecule has 0 aromatic rings. The van der Waals surface area contributed by atoms with Crippen LogP contribution in [0.15, 0.2) is 0 Å². The van der Waals surface area contributed by atoms with Gasteiger partial charge in [-0.15, -0.1) is 0 Å². The summed E-state index contributed by atoms with van der Waals surface area (Å²) in [5.41, 5.74) is 0. The maximum atomic E-state index is 4.26. The van der Waals surface area contributed by atoms with Crippen LogP contribution in [0.5, 0.6) is 0 Å². The molecule has 256 valence electrons. The summed E-state index contributed by atoms with van der Waals surface area (Å²) in [5, 5.41) is 33.8. The van der Waals surface area contributed by atoms with Gasteiger partial charge in [-0.3, -0.25) is 42.5 Å². The number of hydrogen-bond acceptors (Lipinski definition) is 11. The van der Waals surface area contributed by atoms with Crippen molar-refractivity contribution in [2.45, 2.75) is 152 Å². The van der Waals surface area contributed by atoms with E-state index >= 15 is 0 Å². The number of fused-ring (bicyclic) bond motifs is 20. The van der Waals surface area contributed by atoms with E-state index in [-0.39, 0.29) is 39.3 Å².